The molecule has 1 aromatic carbocycles. The lowest BCUT2D eigenvalue weighted by Crippen LogP contribution is -1.87. The molecule has 0 aliphatic rings. The summed E-state index contributed by atoms with van der Waals surface area (Å²) in [7, 11) is 0. The lowest BCUT2D eigenvalue weighted by atomic mass is 10.1. The first-order valence-corrected chi connectivity index (χ1v) is 4.31. The highest BCUT2D eigenvalue weighted by Gasteiger charge is 2.11. The minimum Gasteiger partial charge on any atom is -0.363 e. The van der Waals surface area contributed by atoms with Crippen LogP contribution >= 0.6 is 0 Å². The van der Waals surface area contributed by atoms with Crippen LogP contribution in [0.15, 0.2) is 35.1 Å². The normalized spacial score (nSPS) is 9.69. The molecule has 1 aromatic heterocycles. The fraction of sp³-hybridized carbons (Fsp3) is 0. The molecule has 0 radical (unpaired) electrons. The molecule has 0 N–H and O–H groups in total. The van der Waals surface area contributed by atoms with E-state index >= 15 is 0 Å². The van der Waals surface area contributed by atoms with Crippen LogP contribution in [0.5, 0.6) is 0 Å². The second-order valence-electron chi connectivity index (χ2n) is 2.99. The number of nitro groups is 1. The van der Waals surface area contributed by atoms with E-state index in [-0.39, 0.29) is 5.69 Å². The van der Waals surface area contributed by atoms with Crippen molar-refractivity contribution in [3.05, 3.63) is 46.2 Å². The minimum atomic E-state index is -0.488. The summed E-state index contributed by atoms with van der Waals surface area (Å²) in [5.74, 6) is 0. The highest BCUT2D eigenvalue weighted by atomic mass is 16.6. The highest BCUT2D eigenvalue weighted by Crippen LogP contribution is 2.23. The molecule has 2 rings (SSSR count). The van der Waals surface area contributed by atoms with E-state index in [2.05, 4.69) is 9.68 Å². The van der Waals surface area contributed by atoms with Crippen molar-refractivity contribution in [3.63, 3.8) is 0 Å². The molecule has 0 fully saturated rings. The van der Waals surface area contributed by atoms with Gasteiger partial charge in [0.2, 0.25) is 0 Å². The molecule has 16 heavy (non-hydrogen) atoms. The predicted molar refractivity (Wildman–Crippen MR) is 53.3 cm³/mol. The molecule has 78 valence electrons. The molecule has 0 unspecified atom stereocenters. The summed E-state index contributed by atoms with van der Waals surface area (Å²) in [6.45, 7) is 0. The maximum Gasteiger partial charge on any atom is 0.269 e. The third-order valence-electron chi connectivity index (χ3n) is 2.04. The molecule has 6 heteroatoms. The van der Waals surface area contributed by atoms with Crippen LogP contribution in [0.1, 0.15) is 5.56 Å². The Morgan fingerprint density at radius 2 is 2.06 bits per heavy atom. The van der Waals surface area contributed by atoms with Gasteiger partial charge in [-0.2, -0.15) is 5.26 Å². The van der Waals surface area contributed by atoms with E-state index in [4.69, 9.17) is 5.26 Å². The number of benzene rings is 1. The van der Waals surface area contributed by atoms with Crippen LogP contribution < -0.4 is 0 Å². The first kappa shape index (κ1) is 9.86. The molecule has 0 bridgehead atoms. The van der Waals surface area contributed by atoms with Gasteiger partial charge in [0.1, 0.15) is 23.6 Å². The van der Waals surface area contributed by atoms with Crippen molar-refractivity contribution in [3.8, 4) is 17.3 Å². The van der Waals surface area contributed by atoms with Gasteiger partial charge in [-0.1, -0.05) is 5.16 Å². The van der Waals surface area contributed by atoms with Crippen LogP contribution in [-0.4, -0.2) is 10.1 Å². The Bertz CT molecular complexity index is 566. The van der Waals surface area contributed by atoms with Crippen molar-refractivity contribution in [2.45, 2.75) is 0 Å². The molecular formula is C10H5N3O3. The average Bonchev–Trinajstić information content (AvgIpc) is 2.77. The van der Waals surface area contributed by atoms with Gasteiger partial charge in [0.25, 0.3) is 5.69 Å². The van der Waals surface area contributed by atoms with E-state index in [0.717, 1.165) is 0 Å². The van der Waals surface area contributed by atoms with Crippen molar-refractivity contribution in [2.75, 3.05) is 0 Å². The molecular weight excluding hydrogens is 210 g/mol. The van der Waals surface area contributed by atoms with E-state index < -0.39 is 4.92 Å². The summed E-state index contributed by atoms with van der Waals surface area (Å²) in [4.78, 5) is 9.95. The monoisotopic (exact) mass is 215 g/mol. The number of aromatic nitrogens is 1. The van der Waals surface area contributed by atoms with Gasteiger partial charge in [-0.15, -0.1) is 0 Å². The topological polar surface area (TPSA) is 93.0 Å². The number of non-ortho nitro benzene ring substituents is 1. The zero-order valence-electron chi connectivity index (χ0n) is 7.95. The van der Waals surface area contributed by atoms with Crippen LogP contribution in [0.3, 0.4) is 0 Å². The minimum absolute atomic E-state index is 0.00856. The molecule has 6 nitrogen and oxygen atoms in total. The molecule has 0 amide bonds. The second kappa shape index (κ2) is 3.82. The van der Waals surface area contributed by atoms with Crippen molar-refractivity contribution in [1.29, 1.82) is 5.26 Å². The first-order chi connectivity index (χ1) is 7.72. The first-order valence-electron chi connectivity index (χ1n) is 4.31. The van der Waals surface area contributed by atoms with Gasteiger partial charge in [-0.25, -0.2) is 0 Å². The van der Waals surface area contributed by atoms with Crippen LogP contribution in [-0.2, 0) is 0 Å². The average molecular weight is 215 g/mol. The maximum atomic E-state index is 10.4. The fourth-order valence-corrected chi connectivity index (χ4v) is 1.27. The molecule has 1 heterocycles. The van der Waals surface area contributed by atoms with Crippen LogP contribution in [0, 0.1) is 21.4 Å². The number of rotatable bonds is 2. The van der Waals surface area contributed by atoms with E-state index in [1.165, 1.54) is 30.5 Å². The van der Waals surface area contributed by atoms with E-state index in [0.29, 0.717) is 16.8 Å². The Labute approximate surface area is 89.9 Å². The summed E-state index contributed by atoms with van der Waals surface area (Å²) >= 11 is 0. The van der Waals surface area contributed by atoms with Crippen LogP contribution in [0.25, 0.3) is 11.3 Å². The largest absolute Gasteiger partial charge is 0.363 e. The van der Waals surface area contributed by atoms with Crippen molar-refractivity contribution >= 4 is 5.69 Å². The molecule has 0 saturated carbocycles. The van der Waals surface area contributed by atoms with Crippen molar-refractivity contribution < 1.29 is 9.45 Å². The summed E-state index contributed by atoms with van der Waals surface area (Å²) in [5, 5.41) is 22.9. The third-order valence-corrected chi connectivity index (χ3v) is 2.04. The Morgan fingerprint density at radius 3 is 2.62 bits per heavy atom. The third kappa shape index (κ3) is 1.62. The standard InChI is InChI=1S/C10H5N3O3/c11-5-8-6-16-12-10(8)7-1-3-9(4-2-7)13(14)15/h1-4,6H. The smallest absolute Gasteiger partial charge is 0.269 e. The van der Waals surface area contributed by atoms with Crippen molar-refractivity contribution in [2.24, 2.45) is 0 Å². The quantitative estimate of drug-likeness (QED) is 0.565. The molecule has 0 spiro atoms. The van der Waals surface area contributed by atoms with Gasteiger partial charge in [-0.3, -0.25) is 10.1 Å². The zero-order valence-corrected chi connectivity index (χ0v) is 7.95. The van der Waals surface area contributed by atoms with Gasteiger partial charge in [0.05, 0.1) is 4.92 Å². The van der Waals surface area contributed by atoms with Gasteiger partial charge in [-0.05, 0) is 12.1 Å². The summed E-state index contributed by atoms with van der Waals surface area (Å²) < 4.78 is 4.66. The Morgan fingerprint density at radius 1 is 1.38 bits per heavy atom. The Kier molecular flexibility index (Phi) is 2.36. The van der Waals surface area contributed by atoms with E-state index in [9.17, 15) is 10.1 Å². The summed E-state index contributed by atoms with van der Waals surface area (Å²) in [6, 6.07) is 7.68. The Balaban J connectivity index is 2.43. The number of nitro benzene ring substituents is 1. The molecule has 2 aromatic rings. The number of hydrogen-bond donors (Lipinski definition) is 0. The molecule has 0 atom stereocenters. The highest BCUT2D eigenvalue weighted by molar-refractivity contribution is 5.66. The van der Waals surface area contributed by atoms with E-state index in [1.54, 1.807) is 0 Å². The number of nitriles is 1. The maximum absolute atomic E-state index is 10.4. The Hall–Kier alpha value is -2.68. The van der Waals surface area contributed by atoms with Crippen LogP contribution in [0.4, 0.5) is 5.69 Å². The van der Waals surface area contributed by atoms with E-state index in [1.807, 2.05) is 6.07 Å². The molecule has 0 aliphatic carbocycles. The zero-order chi connectivity index (χ0) is 11.5. The van der Waals surface area contributed by atoms with Gasteiger partial charge < -0.3 is 4.52 Å². The molecule has 0 saturated heterocycles. The SMILES string of the molecule is N#Cc1conc1-c1ccc([N+](=O)[O-])cc1. The van der Waals surface area contributed by atoms with Gasteiger partial charge in [0.15, 0.2) is 0 Å². The van der Waals surface area contributed by atoms with Gasteiger partial charge >= 0.3 is 0 Å². The number of hydrogen-bond acceptors (Lipinski definition) is 5. The predicted octanol–water partition coefficient (Wildman–Crippen LogP) is 2.12. The molecule has 0 aliphatic heterocycles. The summed E-state index contributed by atoms with van der Waals surface area (Å²) in [6.07, 6.45) is 1.23. The lowest BCUT2D eigenvalue weighted by Gasteiger charge is -1.95. The van der Waals surface area contributed by atoms with Crippen molar-refractivity contribution in [1.82, 2.24) is 5.16 Å². The number of nitrogens with zero attached hydrogens (tertiary/aromatic N) is 3. The summed E-state index contributed by atoms with van der Waals surface area (Å²) in [5.41, 5.74) is 1.29. The van der Waals surface area contributed by atoms with Gasteiger partial charge in [0, 0.05) is 17.7 Å². The lowest BCUT2D eigenvalue weighted by molar-refractivity contribution is -0.384. The fourth-order valence-electron chi connectivity index (χ4n) is 1.27. The van der Waals surface area contributed by atoms with Crippen LogP contribution in [0.2, 0.25) is 0 Å². The second-order valence-corrected chi connectivity index (χ2v) is 2.99.